The fourth-order valence-electron chi connectivity index (χ4n) is 4.09. The van der Waals surface area contributed by atoms with Crippen LogP contribution in [0.3, 0.4) is 0 Å². The molecule has 0 bridgehead atoms. The van der Waals surface area contributed by atoms with Gasteiger partial charge >= 0.3 is 5.97 Å². The lowest BCUT2D eigenvalue weighted by Crippen LogP contribution is -2.41. The molecule has 0 saturated heterocycles. The first-order valence-electron chi connectivity index (χ1n) is 12.3. The van der Waals surface area contributed by atoms with E-state index in [4.69, 9.17) is 9.15 Å². The van der Waals surface area contributed by atoms with Gasteiger partial charge in [-0.15, -0.1) is 4.72 Å². The molecule has 0 radical (unpaired) electrons. The molecule has 1 heterocycles. The number of furan rings is 1. The number of hydrogen-bond acceptors (Lipinski definition) is 6. The van der Waals surface area contributed by atoms with E-state index in [1.807, 2.05) is 63.2 Å². The fourth-order valence-corrected chi connectivity index (χ4v) is 4.90. The number of nitriles is 1. The highest BCUT2D eigenvalue weighted by Gasteiger charge is 2.30. The highest BCUT2D eigenvalue weighted by atomic mass is 32.2. The van der Waals surface area contributed by atoms with Crippen LogP contribution in [0.25, 0.3) is 22.1 Å². The van der Waals surface area contributed by atoms with Crippen LogP contribution in [0.1, 0.15) is 49.1 Å². The molecule has 1 aromatic heterocycles. The number of nitrogens with one attached hydrogen (secondary N) is 1. The number of ether oxygens (including phenoxy) is 1. The third-order valence-corrected chi connectivity index (χ3v) is 7.71. The zero-order chi connectivity index (χ0) is 28.2. The van der Waals surface area contributed by atoms with Crippen LogP contribution >= 0.6 is 0 Å². The molecule has 9 heteroatoms. The number of alkyl halides is 1. The number of aliphatic carboxylic acids is 1. The minimum Gasteiger partial charge on any atom is -0.598 e. The Bertz CT molecular complexity index is 1520. The van der Waals surface area contributed by atoms with Gasteiger partial charge in [0, 0.05) is 27.9 Å². The lowest BCUT2D eigenvalue weighted by atomic mass is 9.97. The molecule has 4 aromatic rings. The normalized spacial score (nSPS) is 13.1. The predicted molar refractivity (Wildman–Crippen MR) is 148 cm³/mol. The second-order valence-corrected chi connectivity index (χ2v) is 12.1. The molecule has 2 N–H and O–H groups in total. The lowest BCUT2D eigenvalue weighted by Gasteiger charge is -2.27. The number of benzene rings is 3. The van der Waals surface area contributed by atoms with Crippen LogP contribution in [-0.2, 0) is 29.2 Å². The largest absolute Gasteiger partial charge is 0.598 e. The molecule has 0 aliphatic rings. The summed E-state index contributed by atoms with van der Waals surface area (Å²) in [6.45, 7) is 4.86. The van der Waals surface area contributed by atoms with Crippen molar-refractivity contribution in [2.75, 3.05) is 6.67 Å². The van der Waals surface area contributed by atoms with E-state index in [2.05, 4.69) is 4.72 Å². The summed E-state index contributed by atoms with van der Waals surface area (Å²) < 4.78 is 40.8. The van der Waals surface area contributed by atoms with E-state index in [1.54, 1.807) is 24.5 Å². The fraction of sp³-hybridized carbons (Fsp3) is 0.267. The predicted octanol–water partition coefficient (Wildman–Crippen LogP) is 6.24. The Hall–Kier alpha value is -3.84. The number of carbonyl (C=O) groups is 1. The zero-order valence-corrected chi connectivity index (χ0v) is 22.7. The highest BCUT2D eigenvalue weighted by Crippen LogP contribution is 2.34. The molecule has 0 saturated carbocycles. The van der Waals surface area contributed by atoms with Gasteiger partial charge < -0.3 is 18.8 Å². The summed E-state index contributed by atoms with van der Waals surface area (Å²) in [5, 5.41) is 19.4. The van der Waals surface area contributed by atoms with Gasteiger partial charge in [-0.3, -0.25) is 4.79 Å². The minimum absolute atomic E-state index is 0.120. The number of carboxylic acid groups (broad SMARTS) is 1. The molecule has 0 fully saturated rings. The summed E-state index contributed by atoms with van der Waals surface area (Å²) >= 11 is -1.45. The Balaban J connectivity index is 1.66. The standard InChI is InChI=1S/C30H29FN2O5S/c1-30(2,3)39(36)33-26(16-31)22-6-4-5-21(14-22)25-12-20(11-24-9-10-37-29(24)25)18-38-27-13-19(17-32)7-8-23(27)15-28(34)35/h4-14,26,33H,15-16,18H2,1-3H3,(H,34,35)/t26-,39?/m0/s1. The first-order chi connectivity index (χ1) is 18.6. The third kappa shape index (κ3) is 6.79. The average molecular weight is 549 g/mol. The molecule has 3 aromatic carbocycles. The van der Waals surface area contributed by atoms with Gasteiger partial charge in [0.25, 0.3) is 0 Å². The molecule has 0 spiro atoms. The topological polar surface area (TPSA) is 119 Å². The van der Waals surface area contributed by atoms with E-state index in [0.29, 0.717) is 28.0 Å². The van der Waals surface area contributed by atoms with E-state index in [0.717, 1.165) is 22.1 Å². The molecule has 7 nitrogen and oxygen atoms in total. The van der Waals surface area contributed by atoms with Crippen LogP contribution in [0.4, 0.5) is 4.39 Å². The van der Waals surface area contributed by atoms with Crippen molar-refractivity contribution in [2.24, 2.45) is 0 Å². The number of rotatable bonds is 10. The number of fused-ring (bicyclic) bond motifs is 1. The van der Waals surface area contributed by atoms with E-state index in [-0.39, 0.29) is 13.0 Å². The summed E-state index contributed by atoms with van der Waals surface area (Å²) in [4.78, 5) is 11.3. The molecule has 39 heavy (non-hydrogen) atoms. The molecular formula is C30H29FN2O5S. The second kappa shape index (κ2) is 11.9. The second-order valence-electron chi connectivity index (χ2n) is 10.1. The lowest BCUT2D eigenvalue weighted by molar-refractivity contribution is -0.136. The molecule has 4 rings (SSSR count). The summed E-state index contributed by atoms with van der Waals surface area (Å²) in [6, 6.07) is 19.0. The van der Waals surface area contributed by atoms with Crippen molar-refractivity contribution in [3.63, 3.8) is 0 Å². The Morgan fingerprint density at radius 2 is 2.00 bits per heavy atom. The molecule has 202 valence electrons. The monoisotopic (exact) mass is 548 g/mol. The van der Waals surface area contributed by atoms with Crippen molar-refractivity contribution in [2.45, 2.75) is 44.6 Å². The Morgan fingerprint density at radius 3 is 2.69 bits per heavy atom. The maximum atomic E-state index is 14.0. The van der Waals surface area contributed by atoms with Gasteiger partial charge in [0.2, 0.25) is 0 Å². The maximum absolute atomic E-state index is 14.0. The Morgan fingerprint density at radius 1 is 1.21 bits per heavy atom. The van der Waals surface area contributed by atoms with Crippen LogP contribution in [0.2, 0.25) is 0 Å². The summed E-state index contributed by atoms with van der Waals surface area (Å²) in [5.41, 5.74) is 4.49. The highest BCUT2D eigenvalue weighted by molar-refractivity contribution is 7.90. The Kier molecular flexibility index (Phi) is 8.60. The van der Waals surface area contributed by atoms with Crippen molar-refractivity contribution < 1.29 is 28.0 Å². The summed E-state index contributed by atoms with van der Waals surface area (Å²) in [6.07, 6.45) is 1.35. The van der Waals surface area contributed by atoms with E-state index >= 15 is 0 Å². The number of carboxylic acids is 1. The summed E-state index contributed by atoms with van der Waals surface area (Å²) in [7, 11) is 0. The van der Waals surface area contributed by atoms with Gasteiger partial charge in [0.05, 0.1) is 24.3 Å². The molecular weight excluding hydrogens is 519 g/mol. The number of hydrogen-bond donors (Lipinski definition) is 2. The molecule has 0 amide bonds. The first kappa shape index (κ1) is 28.2. The van der Waals surface area contributed by atoms with Crippen molar-refractivity contribution in [3.05, 3.63) is 89.2 Å². The van der Waals surface area contributed by atoms with Crippen LogP contribution < -0.4 is 9.46 Å². The van der Waals surface area contributed by atoms with E-state index in [1.165, 1.54) is 6.07 Å². The van der Waals surface area contributed by atoms with Crippen LogP contribution in [-0.4, -0.2) is 27.1 Å². The van der Waals surface area contributed by atoms with Gasteiger partial charge in [-0.25, -0.2) is 4.39 Å². The quantitative estimate of drug-likeness (QED) is 0.225. The van der Waals surface area contributed by atoms with Crippen molar-refractivity contribution in [1.29, 1.82) is 5.26 Å². The van der Waals surface area contributed by atoms with Crippen molar-refractivity contribution in [3.8, 4) is 22.9 Å². The van der Waals surface area contributed by atoms with Crippen LogP contribution in [0.5, 0.6) is 5.75 Å². The smallest absolute Gasteiger partial charge is 0.307 e. The number of halogens is 1. The minimum atomic E-state index is -1.45. The first-order valence-corrected chi connectivity index (χ1v) is 13.5. The third-order valence-electron chi connectivity index (χ3n) is 6.10. The van der Waals surface area contributed by atoms with Gasteiger partial charge in [0.1, 0.15) is 35.4 Å². The maximum Gasteiger partial charge on any atom is 0.307 e. The van der Waals surface area contributed by atoms with Crippen molar-refractivity contribution >= 4 is 28.3 Å². The van der Waals surface area contributed by atoms with E-state index < -0.39 is 34.8 Å². The zero-order valence-electron chi connectivity index (χ0n) is 21.9. The van der Waals surface area contributed by atoms with E-state index in [9.17, 15) is 24.1 Å². The van der Waals surface area contributed by atoms with Crippen LogP contribution in [0, 0.1) is 11.3 Å². The van der Waals surface area contributed by atoms with Gasteiger partial charge in [0.15, 0.2) is 0 Å². The average Bonchev–Trinajstić information content (AvgIpc) is 3.38. The molecule has 1 unspecified atom stereocenters. The van der Waals surface area contributed by atoms with Gasteiger partial charge in [-0.1, -0.05) is 24.3 Å². The van der Waals surface area contributed by atoms with Gasteiger partial charge in [-0.2, -0.15) is 5.26 Å². The molecule has 2 atom stereocenters. The van der Waals surface area contributed by atoms with Gasteiger partial charge in [-0.05, 0) is 73.9 Å². The summed E-state index contributed by atoms with van der Waals surface area (Å²) in [5.74, 6) is -0.671. The van der Waals surface area contributed by atoms with Crippen LogP contribution in [0.15, 0.2) is 71.3 Å². The Labute approximate surface area is 229 Å². The molecule has 0 aliphatic heterocycles. The SMILES string of the molecule is CC(C)(C)[S+]([O-])N[C@@H](CF)c1cccc(-c2cc(COc3cc(C#N)ccc3CC(=O)O)cc3ccoc23)c1. The van der Waals surface area contributed by atoms with Crippen molar-refractivity contribution in [1.82, 2.24) is 4.72 Å². The molecule has 0 aliphatic carbocycles. The number of nitrogens with zero attached hydrogens (tertiary/aromatic N) is 1.